The molecule has 4 rings (SSSR count). The molecule has 1 aromatic carbocycles. The molecule has 6 heteroatoms. The van der Waals surface area contributed by atoms with Gasteiger partial charge in [0.1, 0.15) is 0 Å². The van der Waals surface area contributed by atoms with E-state index in [4.69, 9.17) is 0 Å². The number of hydrogen-bond acceptors (Lipinski definition) is 5. The van der Waals surface area contributed by atoms with Gasteiger partial charge in [-0.25, -0.2) is 0 Å². The summed E-state index contributed by atoms with van der Waals surface area (Å²) >= 11 is 1.56. The molecule has 1 aliphatic rings. The highest BCUT2D eigenvalue weighted by Crippen LogP contribution is 2.41. The number of benzene rings is 1. The first-order valence-corrected chi connectivity index (χ1v) is 9.02. The van der Waals surface area contributed by atoms with E-state index in [1.807, 2.05) is 42.5 Å². The Labute approximate surface area is 144 Å². The fourth-order valence-corrected chi connectivity index (χ4v) is 3.63. The minimum atomic E-state index is -0.509. The Bertz CT molecular complexity index is 802. The number of pyridine rings is 1. The van der Waals surface area contributed by atoms with Gasteiger partial charge >= 0.3 is 0 Å². The molecule has 3 aromatic rings. The molecule has 0 spiro atoms. The van der Waals surface area contributed by atoms with E-state index >= 15 is 0 Å². The Morgan fingerprint density at radius 2 is 1.83 bits per heavy atom. The second kappa shape index (κ2) is 6.75. The van der Waals surface area contributed by atoms with Crippen molar-refractivity contribution >= 4 is 11.8 Å². The lowest BCUT2D eigenvalue weighted by atomic mass is 10.1. The van der Waals surface area contributed by atoms with E-state index in [1.165, 1.54) is 0 Å². The van der Waals surface area contributed by atoms with Crippen LogP contribution in [-0.4, -0.2) is 30.6 Å². The lowest BCUT2D eigenvalue weighted by Gasteiger charge is -2.12. The summed E-state index contributed by atoms with van der Waals surface area (Å²) in [5.41, 5.74) is 1.96. The van der Waals surface area contributed by atoms with Gasteiger partial charge in [0.2, 0.25) is 0 Å². The van der Waals surface area contributed by atoms with Gasteiger partial charge in [0.25, 0.3) is 0 Å². The number of nitrogens with zero attached hydrogens (tertiary/aromatic N) is 4. The van der Waals surface area contributed by atoms with Crippen LogP contribution in [0.1, 0.15) is 30.6 Å². The van der Waals surface area contributed by atoms with Gasteiger partial charge in [0, 0.05) is 29.8 Å². The van der Waals surface area contributed by atoms with Gasteiger partial charge < -0.3 is 5.11 Å². The first-order chi connectivity index (χ1) is 11.8. The summed E-state index contributed by atoms with van der Waals surface area (Å²) in [4.78, 5) is 4.07. The van der Waals surface area contributed by atoms with Crippen LogP contribution in [0.2, 0.25) is 0 Å². The van der Waals surface area contributed by atoms with Crippen LogP contribution < -0.4 is 0 Å². The molecule has 1 fully saturated rings. The average Bonchev–Trinajstić information content (AvgIpc) is 3.40. The summed E-state index contributed by atoms with van der Waals surface area (Å²) in [6.07, 6.45) is 5.35. The van der Waals surface area contributed by atoms with Gasteiger partial charge in [-0.3, -0.25) is 9.55 Å². The number of aliphatic hydroxyl groups excluding tert-OH is 1. The minimum Gasteiger partial charge on any atom is -0.388 e. The largest absolute Gasteiger partial charge is 0.388 e. The summed E-state index contributed by atoms with van der Waals surface area (Å²) in [5.74, 6) is 1.45. The van der Waals surface area contributed by atoms with Crippen LogP contribution in [0.5, 0.6) is 0 Å². The molecular weight excluding hydrogens is 320 g/mol. The molecule has 0 aliphatic heterocycles. The lowest BCUT2D eigenvalue weighted by Crippen LogP contribution is -2.04. The fraction of sp³-hybridized carbons (Fsp3) is 0.278. The maximum atomic E-state index is 10.4. The Hall–Kier alpha value is -2.18. The topological polar surface area (TPSA) is 63.8 Å². The van der Waals surface area contributed by atoms with Crippen molar-refractivity contribution in [3.05, 3.63) is 60.4 Å². The van der Waals surface area contributed by atoms with Crippen LogP contribution in [0.3, 0.4) is 0 Å². The zero-order valence-electron chi connectivity index (χ0n) is 13.1. The number of rotatable bonds is 6. The predicted octanol–water partition coefficient (Wildman–Crippen LogP) is 3.50. The quantitative estimate of drug-likeness (QED) is 0.697. The third kappa shape index (κ3) is 3.20. The molecule has 0 radical (unpaired) electrons. The van der Waals surface area contributed by atoms with Crippen molar-refractivity contribution in [1.29, 1.82) is 0 Å². The molecule has 2 heterocycles. The van der Waals surface area contributed by atoms with Crippen LogP contribution in [0, 0.1) is 0 Å². The third-order valence-electron chi connectivity index (χ3n) is 4.07. The summed E-state index contributed by atoms with van der Waals surface area (Å²) < 4.78 is 2.21. The molecule has 0 saturated heterocycles. The predicted molar refractivity (Wildman–Crippen MR) is 93.6 cm³/mol. The molecule has 5 nitrogen and oxygen atoms in total. The van der Waals surface area contributed by atoms with Crippen molar-refractivity contribution in [2.45, 2.75) is 30.1 Å². The molecule has 122 valence electrons. The molecule has 1 atom stereocenters. The summed E-state index contributed by atoms with van der Waals surface area (Å²) in [7, 11) is 0. The van der Waals surface area contributed by atoms with Crippen molar-refractivity contribution in [3.63, 3.8) is 0 Å². The van der Waals surface area contributed by atoms with Crippen LogP contribution in [-0.2, 0) is 0 Å². The van der Waals surface area contributed by atoms with Crippen LogP contribution in [0.4, 0.5) is 0 Å². The van der Waals surface area contributed by atoms with Gasteiger partial charge in [-0.2, -0.15) is 0 Å². The maximum Gasteiger partial charge on any atom is 0.191 e. The first-order valence-electron chi connectivity index (χ1n) is 8.04. The SMILES string of the molecule is OC(CSc1nnc(-c2ccncc2)n1C1CC1)c1ccccc1. The van der Waals surface area contributed by atoms with Gasteiger partial charge in [0.15, 0.2) is 11.0 Å². The van der Waals surface area contributed by atoms with Crippen molar-refractivity contribution in [2.75, 3.05) is 5.75 Å². The molecule has 24 heavy (non-hydrogen) atoms. The van der Waals surface area contributed by atoms with Crippen molar-refractivity contribution in [3.8, 4) is 11.4 Å². The van der Waals surface area contributed by atoms with E-state index in [1.54, 1.807) is 24.2 Å². The standard InChI is InChI=1S/C18H18N4OS/c23-16(13-4-2-1-3-5-13)12-24-18-21-20-17(22(18)15-6-7-15)14-8-10-19-11-9-14/h1-5,8-11,15-16,23H,6-7,12H2. The average molecular weight is 338 g/mol. The Balaban J connectivity index is 1.55. The van der Waals surface area contributed by atoms with Gasteiger partial charge in [-0.1, -0.05) is 42.1 Å². The number of aliphatic hydroxyl groups is 1. The summed E-state index contributed by atoms with van der Waals surface area (Å²) in [5, 5.41) is 20.0. The lowest BCUT2D eigenvalue weighted by molar-refractivity contribution is 0.204. The zero-order valence-corrected chi connectivity index (χ0v) is 13.9. The second-order valence-corrected chi connectivity index (χ2v) is 6.87. The van der Waals surface area contributed by atoms with Crippen LogP contribution in [0.15, 0.2) is 60.0 Å². The zero-order chi connectivity index (χ0) is 16.4. The van der Waals surface area contributed by atoms with Crippen molar-refractivity contribution < 1.29 is 5.11 Å². The highest BCUT2D eigenvalue weighted by molar-refractivity contribution is 7.99. The first kappa shape index (κ1) is 15.4. The number of thioether (sulfide) groups is 1. The van der Waals surface area contributed by atoms with Crippen LogP contribution in [0.25, 0.3) is 11.4 Å². The Morgan fingerprint density at radius 1 is 1.08 bits per heavy atom. The van der Waals surface area contributed by atoms with E-state index in [0.717, 1.165) is 34.9 Å². The second-order valence-electron chi connectivity index (χ2n) is 5.88. The molecule has 1 saturated carbocycles. The van der Waals surface area contributed by atoms with E-state index in [-0.39, 0.29) is 0 Å². The summed E-state index contributed by atoms with van der Waals surface area (Å²) in [6, 6.07) is 14.1. The van der Waals surface area contributed by atoms with E-state index in [9.17, 15) is 5.11 Å². The third-order valence-corrected chi connectivity index (χ3v) is 5.09. The van der Waals surface area contributed by atoms with Crippen molar-refractivity contribution in [2.24, 2.45) is 0 Å². The van der Waals surface area contributed by atoms with Gasteiger partial charge in [0.05, 0.1) is 6.10 Å². The Kier molecular flexibility index (Phi) is 4.32. The molecular formula is C18H18N4OS. The molecule has 1 unspecified atom stereocenters. The minimum absolute atomic E-state index is 0.472. The van der Waals surface area contributed by atoms with Gasteiger partial charge in [-0.05, 0) is 30.5 Å². The molecule has 0 bridgehead atoms. The summed E-state index contributed by atoms with van der Waals surface area (Å²) in [6.45, 7) is 0. The Morgan fingerprint density at radius 3 is 2.54 bits per heavy atom. The van der Waals surface area contributed by atoms with E-state index in [2.05, 4.69) is 19.7 Å². The normalized spacial score (nSPS) is 15.4. The maximum absolute atomic E-state index is 10.4. The highest BCUT2D eigenvalue weighted by atomic mass is 32.2. The number of aromatic nitrogens is 4. The molecule has 0 amide bonds. The fourth-order valence-electron chi connectivity index (χ4n) is 2.66. The van der Waals surface area contributed by atoms with E-state index in [0.29, 0.717) is 11.8 Å². The molecule has 1 aliphatic carbocycles. The smallest absolute Gasteiger partial charge is 0.191 e. The van der Waals surface area contributed by atoms with Gasteiger partial charge in [-0.15, -0.1) is 10.2 Å². The molecule has 1 N–H and O–H groups in total. The van der Waals surface area contributed by atoms with Crippen LogP contribution >= 0.6 is 11.8 Å². The van der Waals surface area contributed by atoms with E-state index < -0.39 is 6.10 Å². The molecule has 2 aromatic heterocycles. The number of hydrogen-bond donors (Lipinski definition) is 1. The highest BCUT2D eigenvalue weighted by Gasteiger charge is 2.30. The monoisotopic (exact) mass is 338 g/mol. The van der Waals surface area contributed by atoms with Crippen molar-refractivity contribution in [1.82, 2.24) is 19.7 Å².